The molecule has 5 nitrogen and oxygen atoms in total. The van der Waals surface area contributed by atoms with Gasteiger partial charge in [-0.25, -0.2) is 17.6 Å². The minimum atomic E-state index is -5.81. The quantitative estimate of drug-likeness (QED) is 0.494. The highest BCUT2D eigenvalue weighted by Gasteiger charge is 2.42. The maximum absolute atomic E-state index is 14.4. The Morgan fingerprint density at radius 3 is 1.47 bits per heavy atom. The minimum Gasteiger partial charge on any atom is -0.203 e. The molecule has 0 atom stereocenters. The SMILES string of the molecule is N#CC(C#N)=c1cc(C#N)/c(=C(\C#N)c2c(F)c(F)c(C(F)(F)F)c(F)c2F)cc1C#N. The number of alkyl halides is 3. The van der Waals surface area contributed by atoms with Gasteiger partial charge in [-0.1, -0.05) is 0 Å². The number of halogens is 7. The van der Waals surface area contributed by atoms with Gasteiger partial charge in [0.25, 0.3) is 0 Å². The van der Waals surface area contributed by atoms with E-state index in [1.807, 2.05) is 0 Å². The molecule has 0 spiro atoms. The second-order valence-corrected chi connectivity index (χ2v) is 5.76. The molecule has 0 bridgehead atoms. The van der Waals surface area contributed by atoms with Gasteiger partial charge < -0.3 is 0 Å². The van der Waals surface area contributed by atoms with Crippen molar-refractivity contribution < 1.29 is 30.7 Å². The van der Waals surface area contributed by atoms with Crippen molar-refractivity contribution in [1.82, 2.24) is 0 Å². The predicted molar refractivity (Wildman–Crippen MR) is 89.2 cm³/mol. The summed E-state index contributed by atoms with van der Waals surface area (Å²) in [6, 6.07) is 8.36. The van der Waals surface area contributed by atoms with Gasteiger partial charge >= 0.3 is 6.18 Å². The number of hydrogen-bond acceptors (Lipinski definition) is 5. The van der Waals surface area contributed by atoms with E-state index in [9.17, 15) is 46.5 Å². The number of nitriles is 5. The molecule has 0 aliphatic carbocycles. The van der Waals surface area contributed by atoms with E-state index in [1.54, 1.807) is 0 Å². The summed E-state index contributed by atoms with van der Waals surface area (Å²) in [5.41, 5.74) is -7.86. The van der Waals surface area contributed by atoms with Crippen LogP contribution in [-0.2, 0) is 6.18 Å². The lowest BCUT2D eigenvalue weighted by Gasteiger charge is -2.14. The average Bonchev–Trinajstić information content (AvgIpc) is 2.75. The molecular formula is C20H2F7N5. The minimum absolute atomic E-state index is 0.388. The Bertz CT molecular complexity index is 1460. The molecule has 0 N–H and O–H groups in total. The second kappa shape index (κ2) is 8.48. The first-order chi connectivity index (χ1) is 15.0. The average molecular weight is 445 g/mol. The molecule has 0 unspecified atom stereocenters. The van der Waals surface area contributed by atoms with Crippen molar-refractivity contribution >= 4 is 11.1 Å². The van der Waals surface area contributed by atoms with Crippen LogP contribution in [0.4, 0.5) is 30.7 Å². The molecule has 2 aromatic carbocycles. The van der Waals surface area contributed by atoms with Crippen LogP contribution in [0.2, 0.25) is 0 Å². The van der Waals surface area contributed by atoms with Gasteiger partial charge in [0, 0.05) is 10.4 Å². The predicted octanol–water partition coefficient (Wildman–Crippen LogP) is 2.93. The standard InChI is InChI=1S/C20H2F7N5/c21-16-14(17(22)19(24)15(18(16)23)20(25,26)27)13(7-32)12-2-8(3-28)11(1-9(12)4-29)10(5-30)6-31/h1-2H/b13-12+. The Balaban J connectivity index is 3.24. The van der Waals surface area contributed by atoms with Crippen LogP contribution in [0.1, 0.15) is 22.3 Å². The Kier molecular flexibility index (Phi) is 6.21. The van der Waals surface area contributed by atoms with Crippen LogP contribution in [0.25, 0.3) is 11.1 Å². The number of nitrogens with zero attached hydrogens (tertiary/aromatic N) is 5. The molecule has 0 aliphatic heterocycles. The van der Waals surface area contributed by atoms with E-state index >= 15 is 0 Å². The normalized spacial score (nSPS) is 11.3. The molecule has 0 fully saturated rings. The first kappa shape index (κ1) is 23.4. The molecule has 0 saturated carbocycles. The smallest absolute Gasteiger partial charge is 0.203 e. The molecule has 2 aromatic rings. The molecule has 12 heteroatoms. The topological polar surface area (TPSA) is 119 Å². The maximum atomic E-state index is 14.4. The zero-order valence-electron chi connectivity index (χ0n) is 15.0. The van der Waals surface area contributed by atoms with Gasteiger partial charge in [-0.05, 0) is 12.1 Å². The molecule has 0 amide bonds. The van der Waals surface area contributed by atoms with E-state index in [-0.39, 0.29) is 5.22 Å². The lowest BCUT2D eigenvalue weighted by atomic mass is 9.95. The third-order valence-electron chi connectivity index (χ3n) is 4.07. The molecular weight excluding hydrogens is 443 g/mol. The molecule has 0 saturated heterocycles. The first-order valence-corrected chi connectivity index (χ1v) is 7.85. The summed E-state index contributed by atoms with van der Waals surface area (Å²) in [6.07, 6.45) is -5.81. The van der Waals surface area contributed by atoms with Gasteiger partial charge in [0.15, 0.2) is 23.3 Å². The molecule has 32 heavy (non-hydrogen) atoms. The summed E-state index contributed by atoms with van der Waals surface area (Å²) in [5.74, 6) is -10.8. The Hall–Kier alpha value is -4.86. The van der Waals surface area contributed by atoms with E-state index < -0.39 is 68.1 Å². The lowest BCUT2D eigenvalue weighted by Crippen LogP contribution is -2.23. The van der Waals surface area contributed by atoms with Crippen molar-refractivity contribution in [2.24, 2.45) is 0 Å². The van der Waals surface area contributed by atoms with Gasteiger partial charge in [-0.15, -0.1) is 0 Å². The highest BCUT2D eigenvalue weighted by Crippen LogP contribution is 2.38. The maximum Gasteiger partial charge on any atom is 0.422 e. The first-order valence-electron chi connectivity index (χ1n) is 7.85. The van der Waals surface area contributed by atoms with Gasteiger partial charge in [0.05, 0.1) is 34.4 Å². The zero-order valence-corrected chi connectivity index (χ0v) is 15.0. The molecule has 156 valence electrons. The van der Waals surface area contributed by atoms with E-state index in [2.05, 4.69) is 0 Å². The van der Waals surface area contributed by atoms with Gasteiger partial charge in [-0.3, -0.25) is 0 Å². The van der Waals surface area contributed by atoms with Crippen molar-refractivity contribution in [3.05, 3.63) is 68.1 Å². The summed E-state index contributed by atoms with van der Waals surface area (Å²) in [5, 5.41) is 44.7. The van der Waals surface area contributed by atoms with Crippen molar-refractivity contribution in [2.45, 2.75) is 6.18 Å². The largest absolute Gasteiger partial charge is 0.422 e. The van der Waals surface area contributed by atoms with Crippen LogP contribution in [0, 0.1) is 79.9 Å². The molecule has 0 aliphatic rings. The summed E-state index contributed by atoms with van der Waals surface area (Å²) >= 11 is 0. The molecule has 0 radical (unpaired) electrons. The Morgan fingerprint density at radius 2 is 1.09 bits per heavy atom. The van der Waals surface area contributed by atoms with Crippen LogP contribution >= 0.6 is 0 Å². The number of benzene rings is 2. The van der Waals surface area contributed by atoms with Crippen LogP contribution in [-0.4, -0.2) is 0 Å². The van der Waals surface area contributed by atoms with Crippen molar-refractivity contribution in [3.8, 4) is 30.3 Å². The zero-order chi connectivity index (χ0) is 24.4. The van der Waals surface area contributed by atoms with Gasteiger partial charge in [0.1, 0.15) is 29.3 Å². The van der Waals surface area contributed by atoms with Crippen molar-refractivity contribution in [3.63, 3.8) is 0 Å². The lowest BCUT2D eigenvalue weighted by molar-refractivity contribution is -0.143. The van der Waals surface area contributed by atoms with Crippen molar-refractivity contribution in [2.75, 3.05) is 0 Å². The highest BCUT2D eigenvalue weighted by atomic mass is 19.4. The fraction of sp³-hybridized carbons (Fsp3) is 0.0500. The Morgan fingerprint density at radius 1 is 0.656 bits per heavy atom. The van der Waals surface area contributed by atoms with Crippen LogP contribution in [0.3, 0.4) is 0 Å². The molecule has 0 heterocycles. The Labute approximate surface area is 173 Å². The monoisotopic (exact) mass is 445 g/mol. The molecule has 2 rings (SSSR count). The summed E-state index contributed by atoms with van der Waals surface area (Å²) < 4.78 is 95.1. The van der Waals surface area contributed by atoms with Crippen molar-refractivity contribution in [1.29, 1.82) is 26.3 Å². The second-order valence-electron chi connectivity index (χ2n) is 5.76. The summed E-state index contributed by atoms with van der Waals surface area (Å²) in [4.78, 5) is 0. The van der Waals surface area contributed by atoms with Gasteiger partial charge in [0.2, 0.25) is 0 Å². The number of hydrogen-bond donors (Lipinski definition) is 0. The van der Waals surface area contributed by atoms with Crippen LogP contribution in [0.15, 0.2) is 12.1 Å². The van der Waals surface area contributed by atoms with E-state index in [1.165, 1.54) is 24.3 Å². The third kappa shape index (κ3) is 3.67. The summed E-state index contributed by atoms with van der Waals surface area (Å²) in [6.45, 7) is 0. The highest BCUT2D eigenvalue weighted by molar-refractivity contribution is 5.80. The van der Waals surface area contributed by atoms with Crippen LogP contribution in [0.5, 0.6) is 0 Å². The van der Waals surface area contributed by atoms with Gasteiger partial charge in [-0.2, -0.15) is 39.5 Å². The number of rotatable bonds is 1. The third-order valence-corrected chi connectivity index (χ3v) is 4.07. The fourth-order valence-electron chi connectivity index (χ4n) is 2.69. The molecule has 0 aromatic heterocycles. The van der Waals surface area contributed by atoms with E-state index in [0.29, 0.717) is 6.07 Å². The summed E-state index contributed by atoms with van der Waals surface area (Å²) in [7, 11) is 0. The fourth-order valence-corrected chi connectivity index (χ4v) is 2.69. The van der Waals surface area contributed by atoms with E-state index in [0.717, 1.165) is 12.1 Å². The van der Waals surface area contributed by atoms with E-state index in [4.69, 9.17) is 10.5 Å². The van der Waals surface area contributed by atoms with Crippen LogP contribution < -0.4 is 10.4 Å².